The SMILES string of the molecule is CC(C)c1cnc(Nc2nc(NC(C)c3ccc(F)cc3)nc(N3CCN(C)CC3)n2)s1. The molecule has 0 bridgehead atoms. The van der Waals surface area contributed by atoms with E-state index in [0.29, 0.717) is 23.8 Å². The van der Waals surface area contributed by atoms with Crippen molar-refractivity contribution in [3.63, 3.8) is 0 Å². The topological polar surface area (TPSA) is 82.1 Å². The van der Waals surface area contributed by atoms with Gasteiger partial charge in [-0.1, -0.05) is 26.0 Å². The molecule has 10 heteroatoms. The van der Waals surface area contributed by atoms with Gasteiger partial charge in [-0.3, -0.25) is 5.32 Å². The van der Waals surface area contributed by atoms with E-state index < -0.39 is 0 Å². The number of benzene rings is 1. The average molecular weight is 457 g/mol. The molecule has 0 amide bonds. The minimum atomic E-state index is -0.255. The Morgan fingerprint density at radius 3 is 2.31 bits per heavy atom. The van der Waals surface area contributed by atoms with Crippen molar-refractivity contribution in [2.75, 3.05) is 48.8 Å². The summed E-state index contributed by atoms with van der Waals surface area (Å²) in [6.07, 6.45) is 1.88. The fourth-order valence-corrected chi connectivity index (χ4v) is 4.18. The summed E-state index contributed by atoms with van der Waals surface area (Å²) in [5.41, 5.74) is 0.948. The number of likely N-dealkylation sites (N-methyl/N-ethyl adjacent to an activating group) is 1. The van der Waals surface area contributed by atoms with Crippen LogP contribution >= 0.6 is 11.3 Å². The first-order valence-electron chi connectivity index (χ1n) is 10.8. The molecule has 170 valence electrons. The van der Waals surface area contributed by atoms with Crippen LogP contribution in [-0.2, 0) is 0 Å². The average Bonchev–Trinajstić information content (AvgIpc) is 3.23. The summed E-state index contributed by atoms with van der Waals surface area (Å²) in [6.45, 7) is 9.88. The van der Waals surface area contributed by atoms with Gasteiger partial charge >= 0.3 is 0 Å². The molecule has 1 aliphatic rings. The number of anilines is 4. The Kier molecular flexibility index (Phi) is 6.80. The first-order valence-corrected chi connectivity index (χ1v) is 11.6. The van der Waals surface area contributed by atoms with Crippen LogP contribution in [0.5, 0.6) is 0 Å². The highest BCUT2D eigenvalue weighted by Gasteiger charge is 2.20. The van der Waals surface area contributed by atoms with Crippen LogP contribution in [0.3, 0.4) is 0 Å². The molecule has 1 atom stereocenters. The van der Waals surface area contributed by atoms with Gasteiger partial charge in [0.2, 0.25) is 17.8 Å². The van der Waals surface area contributed by atoms with Crippen molar-refractivity contribution in [3.05, 3.63) is 46.7 Å². The summed E-state index contributed by atoms with van der Waals surface area (Å²) in [7, 11) is 2.11. The van der Waals surface area contributed by atoms with E-state index in [1.165, 1.54) is 17.0 Å². The molecular formula is C22H29FN8S. The standard InChI is InChI=1S/C22H29FN8S/c1-14(2)18-13-24-22(32-18)29-20-26-19(25-15(3)16-5-7-17(23)8-6-16)27-21(28-20)31-11-9-30(4)10-12-31/h5-8,13-15H,9-12H2,1-4H3,(H2,24,25,26,27,28,29). The van der Waals surface area contributed by atoms with Crippen molar-refractivity contribution in [2.45, 2.75) is 32.7 Å². The quantitative estimate of drug-likeness (QED) is 0.546. The Labute approximate surface area is 191 Å². The van der Waals surface area contributed by atoms with E-state index in [-0.39, 0.29) is 11.9 Å². The van der Waals surface area contributed by atoms with Crippen LogP contribution in [0.25, 0.3) is 0 Å². The molecule has 32 heavy (non-hydrogen) atoms. The molecule has 0 spiro atoms. The third kappa shape index (κ3) is 5.49. The third-order valence-electron chi connectivity index (χ3n) is 5.44. The zero-order valence-electron chi connectivity index (χ0n) is 18.8. The number of thiazole rings is 1. The van der Waals surface area contributed by atoms with Gasteiger partial charge in [0, 0.05) is 37.3 Å². The minimum absolute atomic E-state index is 0.0985. The van der Waals surface area contributed by atoms with Gasteiger partial charge in [0.25, 0.3) is 0 Å². The Balaban J connectivity index is 1.59. The Morgan fingerprint density at radius 1 is 0.969 bits per heavy atom. The summed E-state index contributed by atoms with van der Waals surface area (Å²) < 4.78 is 13.3. The van der Waals surface area contributed by atoms with Crippen LogP contribution in [0.2, 0.25) is 0 Å². The molecule has 1 aromatic carbocycles. The first kappa shape index (κ1) is 22.3. The zero-order valence-corrected chi connectivity index (χ0v) is 19.7. The summed E-state index contributed by atoms with van der Waals surface area (Å²) in [4.78, 5) is 24.1. The van der Waals surface area contributed by atoms with Gasteiger partial charge < -0.3 is 15.1 Å². The van der Waals surface area contributed by atoms with E-state index in [1.54, 1.807) is 23.5 Å². The normalized spacial score (nSPS) is 15.8. The van der Waals surface area contributed by atoms with E-state index in [0.717, 1.165) is 36.9 Å². The maximum absolute atomic E-state index is 13.3. The lowest BCUT2D eigenvalue weighted by atomic mass is 10.1. The molecule has 1 unspecified atom stereocenters. The van der Waals surface area contributed by atoms with Crippen molar-refractivity contribution in [3.8, 4) is 0 Å². The van der Waals surface area contributed by atoms with Gasteiger partial charge in [-0.2, -0.15) is 15.0 Å². The molecule has 1 fully saturated rings. The lowest BCUT2D eigenvalue weighted by Gasteiger charge is -2.32. The summed E-state index contributed by atoms with van der Waals surface area (Å²) in [5, 5.41) is 7.34. The van der Waals surface area contributed by atoms with Gasteiger partial charge in [0.15, 0.2) is 5.13 Å². The fourth-order valence-electron chi connectivity index (χ4n) is 3.37. The number of hydrogen-bond donors (Lipinski definition) is 2. The number of nitrogens with zero attached hydrogens (tertiary/aromatic N) is 6. The molecule has 8 nitrogen and oxygen atoms in total. The van der Waals surface area contributed by atoms with Gasteiger partial charge in [0.05, 0.1) is 6.04 Å². The number of halogens is 1. The lowest BCUT2D eigenvalue weighted by Crippen LogP contribution is -2.45. The van der Waals surface area contributed by atoms with Crippen molar-refractivity contribution in [2.24, 2.45) is 0 Å². The van der Waals surface area contributed by atoms with Crippen LogP contribution in [-0.4, -0.2) is 58.1 Å². The first-order chi connectivity index (χ1) is 15.4. The van der Waals surface area contributed by atoms with Crippen molar-refractivity contribution in [1.82, 2.24) is 24.8 Å². The molecule has 0 saturated carbocycles. The van der Waals surface area contributed by atoms with E-state index in [2.05, 4.69) is 61.3 Å². The number of rotatable bonds is 7. The zero-order chi connectivity index (χ0) is 22.7. The highest BCUT2D eigenvalue weighted by molar-refractivity contribution is 7.15. The smallest absolute Gasteiger partial charge is 0.235 e. The van der Waals surface area contributed by atoms with E-state index in [1.807, 2.05) is 13.1 Å². The second-order valence-corrected chi connectivity index (χ2v) is 9.40. The monoisotopic (exact) mass is 456 g/mol. The van der Waals surface area contributed by atoms with Crippen molar-refractivity contribution in [1.29, 1.82) is 0 Å². The van der Waals surface area contributed by atoms with Crippen LogP contribution in [0.1, 0.15) is 43.2 Å². The molecule has 2 aromatic heterocycles. The highest BCUT2D eigenvalue weighted by Crippen LogP contribution is 2.28. The van der Waals surface area contributed by atoms with E-state index >= 15 is 0 Å². The van der Waals surface area contributed by atoms with Crippen LogP contribution in [0.15, 0.2) is 30.5 Å². The second kappa shape index (κ2) is 9.74. The molecule has 0 aliphatic carbocycles. The number of hydrogen-bond acceptors (Lipinski definition) is 9. The van der Waals surface area contributed by atoms with E-state index in [9.17, 15) is 4.39 Å². The highest BCUT2D eigenvalue weighted by atomic mass is 32.1. The Morgan fingerprint density at radius 2 is 1.66 bits per heavy atom. The van der Waals surface area contributed by atoms with Gasteiger partial charge in [0.1, 0.15) is 5.82 Å². The molecule has 1 saturated heterocycles. The number of nitrogens with one attached hydrogen (secondary N) is 2. The van der Waals surface area contributed by atoms with Gasteiger partial charge in [-0.25, -0.2) is 9.37 Å². The summed E-state index contributed by atoms with van der Waals surface area (Å²) >= 11 is 1.60. The molecule has 4 rings (SSSR count). The molecule has 2 N–H and O–H groups in total. The van der Waals surface area contributed by atoms with Crippen molar-refractivity contribution >= 4 is 34.3 Å². The Bertz CT molecular complexity index is 1030. The predicted octanol–water partition coefficient (Wildman–Crippen LogP) is 4.26. The van der Waals surface area contributed by atoms with Crippen LogP contribution in [0.4, 0.5) is 27.4 Å². The number of aromatic nitrogens is 4. The lowest BCUT2D eigenvalue weighted by molar-refractivity contribution is 0.311. The second-order valence-electron chi connectivity index (χ2n) is 8.34. The summed E-state index contributed by atoms with van der Waals surface area (Å²) in [6, 6.07) is 6.34. The minimum Gasteiger partial charge on any atom is -0.348 e. The third-order valence-corrected chi connectivity index (χ3v) is 6.65. The van der Waals surface area contributed by atoms with Gasteiger partial charge in [-0.15, -0.1) is 11.3 Å². The van der Waals surface area contributed by atoms with Crippen LogP contribution in [0, 0.1) is 5.82 Å². The molecule has 3 aromatic rings. The number of piperazine rings is 1. The fraction of sp³-hybridized carbons (Fsp3) is 0.455. The molecule has 3 heterocycles. The maximum atomic E-state index is 13.3. The van der Waals surface area contributed by atoms with Crippen molar-refractivity contribution < 1.29 is 4.39 Å². The Hall–Kier alpha value is -2.85. The van der Waals surface area contributed by atoms with Crippen LogP contribution < -0.4 is 15.5 Å². The molecule has 0 radical (unpaired) electrons. The van der Waals surface area contributed by atoms with E-state index in [4.69, 9.17) is 0 Å². The molecule has 1 aliphatic heterocycles. The summed E-state index contributed by atoms with van der Waals surface area (Å²) in [5.74, 6) is 1.71. The molecular weight excluding hydrogens is 427 g/mol. The largest absolute Gasteiger partial charge is 0.348 e. The van der Waals surface area contributed by atoms with Gasteiger partial charge in [-0.05, 0) is 37.6 Å². The maximum Gasteiger partial charge on any atom is 0.235 e. The predicted molar refractivity (Wildman–Crippen MR) is 127 cm³/mol.